The molecular formula is C24H29N2O4+. The van der Waals surface area contributed by atoms with E-state index in [2.05, 4.69) is 0 Å². The molecule has 0 saturated carbocycles. The Morgan fingerprint density at radius 3 is 2.23 bits per heavy atom. The molecule has 30 heavy (non-hydrogen) atoms. The first-order valence-electron chi connectivity index (χ1n) is 10.2. The number of likely N-dealkylation sites (tertiary alicyclic amines) is 1. The summed E-state index contributed by atoms with van der Waals surface area (Å²) in [5.74, 6) is -1.87. The van der Waals surface area contributed by atoms with E-state index in [4.69, 9.17) is 4.74 Å². The van der Waals surface area contributed by atoms with Crippen LogP contribution >= 0.6 is 0 Å². The first-order valence-corrected chi connectivity index (χ1v) is 10.2. The van der Waals surface area contributed by atoms with Crippen molar-refractivity contribution in [2.45, 2.75) is 19.4 Å². The quantitative estimate of drug-likeness (QED) is 0.408. The van der Waals surface area contributed by atoms with E-state index in [0.717, 1.165) is 24.1 Å². The Labute approximate surface area is 177 Å². The number of quaternary nitrogens is 1. The lowest BCUT2D eigenvalue weighted by Crippen LogP contribution is -3.05. The molecule has 1 amide bonds. The van der Waals surface area contributed by atoms with E-state index in [9.17, 15) is 14.4 Å². The van der Waals surface area contributed by atoms with Gasteiger partial charge in [-0.1, -0.05) is 42.0 Å². The fraction of sp³-hybridized carbons (Fsp3) is 0.375. The molecule has 1 fully saturated rings. The van der Waals surface area contributed by atoms with Gasteiger partial charge in [-0.15, -0.1) is 0 Å². The van der Waals surface area contributed by atoms with Crippen LogP contribution in [0.15, 0.2) is 48.5 Å². The number of Topliss-reactive ketones (excluding diaryl/α,β-unsaturated/α-hetero) is 2. The maximum atomic E-state index is 13.3. The zero-order valence-electron chi connectivity index (χ0n) is 18.0. The minimum Gasteiger partial charge on any atom is -0.497 e. The Balaban J connectivity index is 1.98. The molecule has 2 aromatic carbocycles. The van der Waals surface area contributed by atoms with E-state index in [1.165, 1.54) is 4.90 Å². The van der Waals surface area contributed by atoms with Crippen LogP contribution in [0, 0.1) is 12.8 Å². The number of carbonyl (C=O) groups is 3. The lowest BCUT2D eigenvalue weighted by molar-refractivity contribution is -0.858. The second kappa shape index (κ2) is 9.22. The summed E-state index contributed by atoms with van der Waals surface area (Å²) in [7, 11) is 5.67. The number of ketones is 2. The lowest BCUT2D eigenvalue weighted by atomic mass is 9.86. The van der Waals surface area contributed by atoms with Crippen molar-refractivity contribution >= 4 is 17.5 Å². The zero-order valence-corrected chi connectivity index (χ0v) is 18.0. The highest BCUT2D eigenvalue weighted by Gasteiger charge is 2.51. The number of methoxy groups -OCH3 is 1. The average Bonchev–Trinajstić information content (AvgIpc) is 2.98. The molecule has 0 aliphatic carbocycles. The van der Waals surface area contributed by atoms with Gasteiger partial charge in [-0.25, -0.2) is 0 Å². The maximum Gasteiger partial charge on any atom is 0.291 e. The molecule has 6 nitrogen and oxygen atoms in total. The van der Waals surface area contributed by atoms with Crippen LogP contribution in [-0.4, -0.2) is 56.7 Å². The number of nitrogens with zero attached hydrogens (tertiary/aromatic N) is 1. The Hall–Kier alpha value is -2.99. The number of amides is 1. The molecule has 2 aromatic rings. The van der Waals surface area contributed by atoms with Gasteiger partial charge in [-0.2, -0.15) is 0 Å². The van der Waals surface area contributed by atoms with Crippen molar-refractivity contribution in [3.05, 3.63) is 65.2 Å². The molecule has 0 spiro atoms. The number of rotatable bonds is 8. The van der Waals surface area contributed by atoms with Crippen LogP contribution in [0.5, 0.6) is 5.75 Å². The first-order chi connectivity index (χ1) is 14.3. The van der Waals surface area contributed by atoms with Crippen molar-refractivity contribution in [1.29, 1.82) is 0 Å². The van der Waals surface area contributed by atoms with Gasteiger partial charge in [0.25, 0.3) is 5.91 Å². The predicted octanol–water partition coefficient (Wildman–Crippen LogP) is 1.49. The molecule has 6 heteroatoms. The first kappa shape index (κ1) is 21.7. The molecule has 3 rings (SSSR count). The van der Waals surface area contributed by atoms with Gasteiger partial charge in [-0.3, -0.25) is 14.4 Å². The second-order valence-electron chi connectivity index (χ2n) is 8.10. The summed E-state index contributed by atoms with van der Waals surface area (Å²) < 4.78 is 5.23. The minimum absolute atomic E-state index is 0.310. The van der Waals surface area contributed by atoms with Crippen LogP contribution in [0.1, 0.15) is 33.9 Å². The van der Waals surface area contributed by atoms with Crippen LogP contribution in [0.25, 0.3) is 0 Å². The van der Waals surface area contributed by atoms with Crippen molar-refractivity contribution in [3.8, 4) is 5.75 Å². The van der Waals surface area contributed by atoms with Crippen molar-refractivity contribution in [2.24, 2.45) is 5.92 Å². The molecule has 158 valence electrons. The van der Waals surface area contributed by atoms with Crippen molar-refractivity contribution in [1.82, 2.24) is 4.90 Å². The van der Waals surface area contributed by atoms with E-state index >= 15 is 0 Å². The molecule has 1 saturated heterocycles. The third kappa shape index (κ3) is 4.44. The van der Waals surface area contributed by atoms with Gasteiger partial charge in [0, 0.05) is 18.5 Å². The zero-order chi connectivity index (χ0) is 21.8. The molecular weight excluding hydrogens is 380 g/mol. The topological polar surface area (TPSA) is 68.1 Å². The number of aryl methyl sites for hydroxylation is 1. The maximum absolute atomic E-state index is 13.3. The van der Waals surface area contributed by atoms with Crippen LogP contribution in [-0.2, 0) is 9.59 Å². The highest BCUT2D eigenvalue weighted by Crippen LogP contribution is 2.38. The summed E-state index contributed by atoms with van der Waals surface area (Å²) in [4.78, 5) is 42.0. The standard InChI is InChI=1S/C24H28N2O4/c1-16-6-8-18(9-7-16)22(27)20-21(17-10-12-19(30-4)13-11-17)26(24(29)23(20)28)15-5-14-25(2)3/h6-13,20-21H,5,14-15H2,1-4H3/p+1. The number of hydrogen-bond donors (Lipinski definition) is 1. The lowest BCUT2D eigenvalue weighted by Gasteiger charge is -2.27. The Kier molecular flexibility index (Phi) is 6.67. The normalized spacial score (nSPS) is 18.9. The molecule has 0 bridgehead atoms. The predicted molar refractivity (Wildman–Crippen MR) is 114 cm³/mol. The molecule has 0 aromatic heterocycles. The van der Waals surface area contributed by atoms with Crippen LogP contribution in [0.4, 0.5) is 0 Å². The van der Waals surface area contributed by atoms with Crippen LogP contribution in [0.3, 0.4) is 0 Å². The van der Waals surface area contributed by atoms with Gasteiger partial charge in [0.1, 0.15) is 11.7 Å². The van der Waals surface area contributed by atoms with Crippen LogP contribution < -0.4 is 9.64 Å². The highest BCUT2D eigenvalue weighted by atomic mass is 16.5. The summed E-state index contributed by atoms with van der Waals surface area (Å²) in [6, 6.07) is 13.8. The van der Waals surface area contributed by atoms with Crippen molar-refractivity contribution in [3.63, 3.8) is 0 Å². The molecule has 1 heterocycles. The van der Waals surface area contributed by atoms with E-state index in [0.29, 0.717) is 17.9 Å². The van der Waals surface area contributed by atoms with Gasteiger partial charge in [0.2, 0.25) is 5.78 Å². The molecule has 1 aliphatic heterocycles. The molecule has 2 unspecified atom stereocenters. The molecule has 1 aliphatic rings. The molecule has 0 radical (unpaired) electrons. The summed E-state index contributed by atoms with van der Waals surface area (Å²) in [6.07, 6.45) is 0.749. The fourth-order valence-electron chi connectivity index (χ4n) is 3.90. The SMILES string of the molecule is COc1ccc(C2C(C(=O)c3ccc(C)cc3)C(=O)C(=O)N2CCC[NH+](C)C)cc1. The summed E-state index contributed by atoms with van der Waals surface area (Å²) >= 11 is 0. The van der Waals surface area contributed by atoms with E-state index in [1.807, 2.05) is 45.3 Å². The summed E-state index contributed by atoms with van der Waals surface area (Å²) in [5, 5.41) is 0. The van der Waals surface area contributed by atoms with Gasteiger partial charge < -0.3 is 14.5 Å². The summed E-state index contributed by atoms with van der Waals surface area (Å²) in [5.41, 5.74) is 2.24. The third-order valence-corrected chi connectivity index (χ3v) is 5.56. The summed E-state index contributed by atoms with van der Waals surface area (Å²) in [6.45, 7) is 3.24. The van der Waals surface area contributed by atoms with Crippen LogP contribution in [0.2, 0.25) is 0 Å². The van der Waals surface area contributed by atoms with Crippen molar-refractivity contribution < 1.29 is 24.0 Å². The minimum atomic E-state index is -1.04. The molecule has 1 N–H and O–H groups in total. The smallest absolute Gasteiger partial charge is 0.291 e. The van der Waals surface area contributed by atoms with E-state index < -0.39 is 23.7 Å². The third-order valence-electron chi connectivity index (χ3n) is 5.56. The number of hydrogen-bond acceptors (Lipinski definition) is 4. The number of ether oxygens (including phenoxy) is 1. The number of nitrogens with one attached hydrogen (secondary N) is 1. The monoisotopic (exact) mass is 409 g/mol. The fourth-order valence-corrected chi connectivity index (χ4v) is 3.90. The average molecular weight is 410 g/mol. The Morgan fingerprint density at radius 1 is 1.03 bits per heavy atom. The Morgan fingerprint density at radius 2 is 1.67 bits per heavy atom. The van der Waals surface area contributed by atoms with E-state index in [1.54, 1.807) is 36.3 Å². The second-order valence-corrected chi connectivity index (χ2v) is 8.10. The van der Waals surface area contributed by atoms with Gasteiger partial charge in [0.15, 0.2) is 5.78 Å². The highest BCUT2D eigenvalue weighted by molar-refractivity contribution is 6.44. The van der Waals surface area contributed by atoms with E-state index in [-0.39, 0.29) is 5.78 Å². The number of carbonyl (C=O) groups excluding carboxylic acids is 3. The number of benzene rings is 2. The Bertz CT molecular complexity index is 919. The van der Waals surface area contributed by atoms with Gasteiger partial charge >= 0.3 is 0 Å². The molecule has 2 atom stereocenters. The van der Waals surface area contributed by atoms with Crippen molar-refractivity contribution in [2.75, 3.05) is 34.3 Å². The largest absolute Gasteiger partial charge is 0.497 e. The van der Waals surface area contributed by atoms with Gasteiger partial charge in [0.05, 0.1) is 33.8 Å². The van der Waals surface area contributed by atoms with Gasteiger partial charge in [-0.05, 0) is 24.6 Å².